The smallest absolute Gasteiger partial charge is 0.317 e. The minimum Gasteiger partial charge on any atom is -0.772 e. The second kappa shape index (κ2) is 7.03. The van der Waals surface area contributed by atoms with E-state index >= 15 is 0 Å². The Morgan fingerprint density at radius 3 is 2.69 bits per heavy atom. The van der Waals surface area contributed by atoms with Crippen LogP contribution in [0.3, 0.4) is 0 Å². The van der Waals surface area contributed by atoms with E-state index in [1.807, 2.05) is 6.92 Å². The summed E-state index contributed by atoms with van der Waals surface area (Å²) >= 11 is -2.34. The van der Waals surface area contributed by atoms with Gasteiger partial charge in [-0.2, -0.15) is 0 Å². The molecule has 0 radical (unpaired) electrons. The van der Waals surface area contributed by atoms with E-state index in [-0.39, 0.29) is 6.10 Å². The van der Waals surface area contributed by atoms with Crippen molar-refractivity contribution in [3.63, 3.8) is 0 Å². The highest BCUT2D eigenvalue weighted by atomic mass is 32.2. The molecule has 2 atom stereocenters. The van der Waals surface area contributed by atoms with Gasteiger partial charge in [-0.3, -0.25) is 9.00 Å². The Balaban J connectivity index is 3.59. The van der Waals surface area contributed by atoms with E-state index in [1.165, 1.54) is 0 Å². The summed E-state index contributed by atoms with van der Waals surface area (Å²) in [6.45, 7) is 3.81. The van der Waals surface area contributed by atoms with Crippen LogP contribution in [0.1, 0.15) is 33.1 Å². The van der Waals surface area contributed by atoms with Gasteiger partial charge in [0.05, 0.1) is 6.10 Å². The highest BCUT2D eigenvalue weighted by Crippen LogP contribution is 2.04. The van der Waals surface area contributed by atoms with Gasteiger partial charge in [-0.1, -0.05) is 19.8 Å². The van der Waals surface area contributed by atoms with E-state index in [0.717, 1.165) is 19.3 Å². The number of ether oxygens (including phenoxy) is 1. The van der Waals surface area contributed by atoms with Crippen molar-refractivity contribution >= 4 is 17.0 Å². The van der Waals surface area contributed by atoms with Crippen molar-refractivity contribution in [1.82, 2.24) is 0 Å². The molecule has 4 nitrogen and oxygen atoms in total. The van der Waals surface area contributed by atoms with Crippen LogP contribution in [0.4, 0.5) is 0 Å². The molecule has 0 saturated heterocycles. The second-order valence-electron chi connectivity index (χ2n) is 2.89. The highest BCUT2D eigenvalue weighted by molar-refractivity contribution is 7.79. The van der Waals surface area contributed by atoms with Gasteiger partial charge in [0.2, 0.25) is 0 Å². The van der Waals surface area contributed by atoms with E-state index in [4.69, 9.17) is 4.74 Å². The monoisotopic (exact) mass is 207 g/mol. The summed E-state index contributed by atoms with van der Waals surface area (Å²) in [4.78, 5) is 10.8. The van der Waals surface area contributed by atoms with Crippen LogP contribution in [0.15, 0.2) is 0 Å². The van der Waals surface area contributed by atoms with Gasteiger partial charge < -0.3 is 9.29 Å². The minimum absolute atomic E-state index is 0.184. The number of hydrogen-bond acceptors (Lipinski definition) is 4. The molecule has 5 heteroatoms. The van der Waals surface area contributed by atoms with Crippen molar-refractivity contribution < 1.29 is 18.3 Å². The van der Waals surface area contributed by atoms with E-state index in [0.29, 0.717) is 0 Å². The molecule has 0 heterocycles. The Morgan fingerprint density at radius 1 is 1.62 bits per heavy atom. The lowest BCUT2D eigenvalue weighted by atomic mass is 10.2. The summed E-state index contributed by atoms with van der Waals surface area (Å²) < 4.78 is 25.0. The Morgan fingerprint density at radius 2 is 2.23 bits per heavy atom. The van der Waals surface area contributed by atoms with Crippen LogP contribution < -0.4 is 0 Å². The number of hydrogen-bond donors (Lipinski definition) is 0. The Kier molecular flexibility index (Phi) is 6.80. The highest BCUT2D eigenvalue weighted by Gasteiger charge is 2.08. The van der Waals surface area contributed by atoms with Crippen LogP contribution in [0.5, 0.6) is 0 Å². The standard InChI is InChI=1S/C8H16O4S/c1-3-4-5-7(2)12-8(9)6-13(10)11/h7H,3-6H2,1-2H3,(H,10,11)/p-1. The topological polar surface area (TPSA) is 66.4 Å². The van der Waals surface area contributed by atoms with Crippen molar-refractivity contribution in [3.8, 4) is 0 Å². The van der Waals surface area contributed by atoms with Crippen molar-refractivity contribution in [2.75, 3.05) is 5.75 Å². The molecule has 0 bridgehead atoms. The normalized spacial score (nSPS) is 15.0. The molecule has 0 aliphatic rings. The molecule has 0 rings (SSSR count). The molecule has 0 aliphatic heterocycles. The van der Waals surface area contributed by atoms with Crippen molar-refractivity contribution in [3.05, 3.63) is 0 Å². The number of carbonyl (C=O) groups is 1. The minimum atomic E-state index is -2.34. The predicted octanol–water partition coefficient (Wildman–Crippen LogP) is 0.987. The van der Waals surface area contributed by atoms with Crippen LogP contribution in [-0.4, -0.2) is 26.6 Å². The predicted molar refractivity (Wildman–Crippen MR) is 48.9 cm³/mol. The van der Waals surface area contributed by atoms with E-state index in [9.17, 15) is 13.6 Å². The molecular weight excluding hydrogens is 192 g/mol. The summed E-state index contributed by atoms with van der Waals surface area (Å²) in [5.41, 5.74) is 0. The van der Waals surface area contributed by atoms with Crippen molar-refractivity contribution in [2.45, 2.75) is 39.2 Å². The average molecular weight is 207 g/mol. The van der Waals surface area contributed by atoms with Gasteiger partial charge >= 0.3 is 5.97 Å². The fourth-order valence-corrected chi connectivity index (χ4v) is 1.17. The lowest BCUT2D eigenvalue weighted by molar-refractivity contribution is -0.145. The fraction of sp³-hybridized carbons (Fsp3) is 0.875. The van der Waals surface area contributed by atoms with Crippen LogP contribution >= 0.6 is 0 Å². The molecule has 13 heavy (non-hydrogen) atoms. The van der Waals surface area contributed by atoms with Gasteiger partial charge in [0.25, 0.3) is 0 Å². The Hall–Kier alpha value is -0.420. The first-order valence-electron chi connectivity index (χ1n) is 4.31. The lowest BCUT2D eigenvalue weighted by Gasteiger charge is -2.13. The van der Waals surface area contributed by atoms with Crippen LogP contribution in [-0.2, 0) is 20.6 Å². The molecular formula is C8H15O4S-. The Bertz CT molecular complexity index is 181. The molecule has 0 aromatic carbocycles. The second-order valence-corrected chi connectivity index (χ2v) is 3.79. The molecule has 0 saturated carbocycles. The summed E-state index contributed by atoms with van der Waals surface area (Å²) in [6.07, 6.45) is 2.62. The third-order valence-electron chi connectivity index (χ3n) is 1.53. The van der Waals surface area contributed by atoms with E-state index in [1.54, 1.807) is 6.92 Å². The maximum atomic E-state index is 10.8. The van der Waals surface area contributed by atoms with Gasteiger partial charge in [-0.25, -0.2) is 0 Å². The zero-order valence-electron chi connectivity index (χ0n) is 7.95. The van der Waals surface area contributed by atoms with E-state index < -0.39 is 22.8 Å². The average Bonchev–Trinajstić information content (AvgIpc) is 1.98. The Labute approximate surface area is 80.9 Å². The van der Waals surface area contributed by atoms with Gasteiger partial charge in [0, 0.05) is 0 Å². The summed E-state index contributed by atoms with van der Waals surface area (Å²) in [7, 11) is 0. The zero-order chi connectivity index (χ0) is 10.3. The van der Waals surface area contributed by atoms with E-state index in [2.05, 4.69) is 0 Å². The molecule has 2 unspecified atom stereocenters. The summed E-state index contributed by atoms with van der Waals surface area (Å²) in [5, 5.41) is 0. The summed E-state index contributed by atoms with van der Waals surface area (Å²) in [6, 6.07) is 0. The van der Waals surface area contributed by atoms with Crippen molar-refractivity contribution in [1.29, 1.82) is 0 Å². The molecule has 0 aromatic heterocycles. The molecule has 0 amide bonds. The number of esters is 1. The van der Waals surface area contributed by atoms with Crippen molar-refractivity contribution in [2.24, 2.45) is 0 Å². The largest absolute Gasteiger partial charge is 0.772 e. The van der Waals surface area contributed by atoms with Gasteiger partial charge in [0.15, 0.2) is 0 Å². The quantitative estimate of drug-likeness (QED) is 0.481. The lowest BCUT2D eigenvalue weighted by Crippen LogP contribution is -2.19. The number of carbonyl (C=O) groups excluding carboxylic acids is 1. The van der Waals surface area contributed by atoms with Crippen LogP contribution in [0.2, 0.25) is 0 Å². The summed E-state index contributed by atoms with van der Waals surface area (Å²) in [5.74, 6) is -1.21. The molecule has 0 spiro atoms. The molecule has 0 fully saturated rings. The number of rotatable bonds is 6. The maximum absolute atomic E-state index is 10.8. The third kappa shape index (κ3) is 7.93. The molecule has 78 valence electrons. The van der Waals surface area contributed by atoms with Crippen LogP contribution in [0, 0.1) is 0 Å². The van der Waals surface area contributed by atoms with Crippen LogP contribution in [0.25, 0.3) is 0 Å². The fourth-order valence-electron chi connectivity index (χ4n) is 0.905. The number of unbranched alkanes of at least 4 members (excludes halogenated alkanes) is 1. The third-order valence-corrected chi connectivity index (χ3v) is 2.00. The maximum Gasteiger partial charge on any atom is 0.317 e. The van der Waals surface area contributed by atoms with Gasteiger partial charge in [0.1, 0.15) is 5.75 Å². The molecule has 0 aromatic rings. The molecule has 0 aliphatic carbocycles. The first-order valence-corrected chi connectivity index (χ1v) is 5.56. The first-order chi connectivity index (χ1) is 6.06. The van der Waals surface area contributed by atoms with Gasteiger partial charge in [-0.15, -0.1) is 0 Å². The zero-order valence-corrected chi connectivity index (χ0v) is 8.76. The van der Waals surface area contributed by atoms with Gasteiger partial charge in [-0.05, 0) is 24.4 Å². The molecule has 0 N–H and O–H groups in total. The first kappa shape index (κ1) is 12.6. The SMILES string of the molecule is CCCCC(C)OC(=O)CS(=O)[O-].